The molecule has 2 aromatic rings. The second kappa shape index (κ2) is 11.6. The predicted octanol–water partition coefficient (Wildman–Crippen LogP) is 2.33. The molecule has 0 saturated carbocycles. The number of aryl methyl sites for hydroxylation is 2. The summed E-state index contributed by atoms with van der Waals surface area (Å²) in [5.74, 6) is 1.46. The highest BCUT2D eigenvalue weighted by Gasteiger charge is 2.15. The van der Waals surface area contributed by atoms with Gasteiger partial charge in [0.1, 0.15) is 23.6 Å². The fourth-order valence-corrected chi connectivity index (χ4v) is 2.31. The van der Waals surface area contributed by atoms with Crippen molar-refractivity contribution in [3.63, 3.8) is 0 Å². The zero-order valence-corrected chi connectivity index (χ0v) is 17.6. The van der Waals surface area contributed by atoms with Crippen molar-refractivity contribution in [1.29, 1.82) is 0 Å². The molecule has 0 bridgehead atoms. The van der Waals surface area contributed by atoms with Crippen molar-refractivity contribution in [3.8, 4) is 0 Å². The van der Waals surface area contributed by atoms with Crippen molar-refractivity contribution in [1.82, 2.24) is 20.4 Å². The van der Waals surface area contributed by atoms with Crippen LogP contribution in [-0.2, 0) is 17.8 Å². The quantitative estimate of drug-likeness (QED) is 0.200. The number of carbonyl (C=O) groups excluding carboxylic acids is 1. The number of furan rings is 1. The number of halogens is 1. The number of nitrogens with zero attached hydrogens (tertiary/aromatic N) is 3. The average molecular weight is 475 g/mol. The van der Waals surface area contributed by atoms with Crippen LogP contribution in [0, 0.1) is 6.92 Å². The third-order valence-electron chi connectivity index (χ3n) is 3.53. The molecule has 0 unspecified atom stereocenters. The molecule has 144 valence electrons. The topological polar surface area (TPSA) is 93.7 Å². The molecule has 0 aliphatic heterocycles. The molecule has 2 N–H and O–H groups in total. The molecule has 26 heavy (non-hydrogen) atoms. The van der Waals surface area contributed by atoms with Gasteiger partial charge < -0.3 is 19.8 Å². The van der Waals surface area contributed by atoms with Crippen LogP contribution in [0.3, 0.4) is 0 Å². The minimum absolute atomic E-state index is 0. The van der Waals surface area contributed by atoms with E-state index in [-0.39, 0.29) is 24.0 Å². The van der Waals surface area contributed by atoms with Crippen molar-refractivity contribution in [2.45, 2.75) is 33.4 Å². The second-order valence-corrected chi connectivity index (χ2v) is 5.42. The molecular weight excluding hydrogens is 449 g/mol. The van der Waals surface area contributed by atoms with Crippen LogP contribution in [0.15, 0.2) is 33.9 Å². The molecule has 2 aromatic heterocycles. The van der Waals surface area contributed by atoms with Gasteiger partial charge in [-0.3, -0.25) is 4.68 Å². The largest absolute Gasteiger partial charge is 0.465 e. The van der Waals surface area contributed by atoms with Gasteiger partial charge in [-0.1, -0.05) is 0 Å². The number of methoxy groups -OCH3 is 1. The molecular formula is C17H26IN5O3. The summed E-state index contributed by atoms with van der Waals surface area (Å²) in [7, 11) is 1.35. The standard InChI is InChI=1S/C17H25N5O3.HI/c1-4-18-17(19-7-5-9-22-10-6-8-21-22)20-12-14-11-15(13(2)25-14)16(23)24-3;/h6,8,10-11H,4-5,7,9,12H2,1-3H3,(H2,18,19,20);1H. The molecule has 8 nitrogen and oxygen atoms in total. The molecule has 0 fully saturated rings. The number of nitrogens with one attached hydrogen (secondary N) is 2. The fraction of sp³-hybridized carbons (Fsp3) is 0.471. The van der Waals surface area contributed by atoms with Gasteiger partial charge in [-0.15, -0.1) is 24.0 Å². The molecule has 0 aliphatic carbocycles. The second-order valence-electron chi connectivity index (χ2n) is 5.42. The minimum Gasteiger partial charge on any atom is -0.465 e. The monoisotopic (exact) mass is 475 g/mol. The smallest absolute Gasteiger partial charge is 0.341 e. The van der Waals surface area contributed by atoms with E-state index in [1.165, 1.54) is 7.11 Å². The Bertz CT molecular complexity index is 697. The maximum absolute atomic E-state index is 11.6. The first kappa shape index (κ1) is 22.0. The highest BCUT2D eigenvalue weighted by molar-refractivity contribution is 14.0. The Kier molecular flexibility index (Phi) is 9.78. The van der Waals surface area contributed by atoms with E-state index in [2.05, 4.69) is 20.7 Å². The lowest BCUT2D eigenvalue weighted by Crippen LogP contribution is -2.38. The molecule has 0 amide bonds. The van der Waals surface area contributed by atoms with Gasteiger partial charge in [0, 0.05) is 32.0 Å². The summed E-state index contributed by atoms with van der Waals surface area (Å²) < 4.78 is 12.2. The molecule has 0 radical (unpaired) electrons. The van der Waals surface area contributed by atoms with Crippen molar-refractivity contribution in [2.75, 3.05) is 20.2 Å². The molecule has 0 aliphatic rings. The van der Waals surface area contributed by atoms with Crippen molar-refractivity contribution in [2.24, 2.45) is 4.99 Å². The van der Waals surface area contributed by atoms with Gasteiger partial charge in [0.2, 0.25) is 0 Å². The number of esters is 1. The zero-order valence-electron chi connectivity index (χ0n) is 15.3. The van der Waals surface area contributed by atoms with E-state index in [1.807, 2.05) is 23.9 Å². The summed E-state index contributed by atoms with van der Waals surface area (Å²) in [6.45, 7) is 6.46. The maximum atomic E-state index is 11.6. The summed E-state index contributed by atoms with van der Waals surface area (Å²) in [5.41, 5.74) is 0.435. The van der Waals surface area contributed by atoms with Crippen LogP contribution in [0.1, 0.15) is 35.2 Å². The number of ether oxygens (including phenoxy) is 1. The summed E-state index contributed by atoms with van der Waals surface area (Å²) >= 11 is 0. The molecule has 0 spiro atoms. The lowest BCUT2D eigenvalue weighted by atomic mass is 10.2. The number of aliphatic imine (C=N–C) groups is 1. The Labute approximate surface area is 170 Å². The Hall–Kier alpha value is -2.04. The van der Waals surface area contributed by atoms with Crippen LogP contribution < -0.4 is 10.6 Å². The Morgan fingerprint density at radius 3 is 2.88 bits per heavy atom. The van der Waals surface area contributed by atoms with Crippen LogP contribution >= 0.6 is 24.0 Å². The zero-order chi connectivity index (χ0) is 18.1. The van der Waals surface area contributed by atoms with Gasteiger partial charge in [-0.25, -0.2) is 9.79 Å². The molecule has 2 heterocycles. The first-order valence-electron chi connectivity index (χ1n) is 8.31. The van der Waals surface area contributed by atoms with E-state index in [9.17, 15) is 4.79 Å². The van der Waals surface area contributed by atoms with E-state index in [0.717, 1.165) is 26.1 Å². The first-order chi connectivity index (χ1) is 12.1. The maximum Gasteiger partial charge on any atom is 0.341 e. The first-order valence-corrected chi connectivity index (χ1v) is 8.31. The Morgan fingerprint density at radius 1 is 1.42 bits per heavy atom. The van der Waals surface area contributed by atoms with E-state index in [1.54, 1.807) is 19.2 Å². The molecule has 0 atom stereocenters. The summed E-state index contributed by atoms with van der Waals surface area (Å²) in [6.07, 6.45) is 4.64. The lowest BCUT2D eigenvalue weighted by Gasteiger charge is -2.10. The van der Waals surface area contributed by atoms with Crippen molar-refractivity contribution in [3.05, 3.63) is 41.6 Å². The molecule has 0 aromatic carbocycles. The van der Waals surface area contributed by atoms with Crippen LogP contribution in [0.4, 0.5) is 0 Å². The normalized spacial score (nSPS) is 11.0. The number of guanidine groups is 1. The van der Waals surface area contributed by atoms with E-state index < -0.39 is 5.97 Å². The van der Waals surface area contributed by atoms with Gasteiger partial charge in [0.05, 0.1) is 7.11 Å². The van der Waals surface area contributed by atoms with E-state index in [4.69, 9.17) is 9.15 Å². The molecule has 0 saturated heterocycles. The van der Waals surface area contributed by atoms with Gasteiger partial charge in [-0.05, 0) is 32.4 Å². The van der Waals surface area contributed by atoms with Gasteiger partial charge in [0.25, 0.3) is 0 Å². The van der Waals surface area contributed by atoms with Gasteiger partial charge in [0.15, 0.2) is 5.96 Å². The minimum atomic E-state index is -0.403. The average Bonchev–Trinajstić information content (AvgIpc) is 3.25. The third kappa shape index (κ3) is 6.70. The Morgan fingerprint density at radius 2 is 2.23 bits per heavy atom. The van der Waals surface area contributed by atoms with Crippen LogP contribution in [0.5, 0.6) is 0 Å². The third-order valence-corrected chi connectivity index (χ3v) is 3.53. The summed E-state index contributed by atoms with van der Waals surface area (Å²) in [4.78, 5) is 16.1. The summed E-state index contributed by atoms with van der Waals surface area (Å²) in [6, 6.07) is 3.58. The number of rotatable bonds is 8. The number of hydrogen-bond acceptors (Lipinski definition) is 5. The van der Waals surface area contributed by atoms with Crippen LogP contribution in [0.25, 0.3) is 0 Å². The van der Waals surface area contributed by atoms with Gasteiger partial charge in [-0.2, -0.15) is 5.10 Å². The van der Waals surface area contributed by atoms with Crippen LogP contribution in [-0.4, -0.2) is 41.9 Å². The highest BCUT2D eigenvalue weighted by atomic mass is 127. The van der Waals surface area contributed by atoms with Crippen molar-refractivity contribution >= 4 is 35.9 Å². The van der Waals surface area contributed by atoms with E-state index >= 15 is 0 Å². The number of carbonyl (C=O) groups is 1. The molecule has 2 rings (SSSR count). The molecule has 9 heteroatoms. The predicted molar refractivity (Wildman–Crippen MR) is 110 cm³/mol. The van der Waals surface area contributed by atoms with Crippen LogP contribution in [0.2, 0.25) is 0 Å². The SMILES string of the molecule is CCNC(=NCc1cc(C(=O)OC)c(C)o1)NCCCn1cccn1.I. The lowest BCUT2D eigenvalue weighted by molar-refractivity contribution is 0.0599. The Balaban J connectivity index is 0.00000338. The number of hydrogen-bond donors (Lipinski definition) is 2. The fourth-order valence-electron chi connectivity index (χ4n) is 2.31. The summed E-state index contributed by atoms with van der Waals surface area (Å²) in [5, 5.41) is 10.6. The number of aromatic nitrogens is 2. The van der Waals surface area contributed by atoms with Gasteiger partial charge >= 0.3 is 5.97 Å². The van der Waals surface area contributed by atoms with E-state index in [0.29, 0.717) is 29.6 Å². The highest BCUT2D eigenvalue weighted by Crippen LogP contribution is 2.16. The van der Waals surface area contributed by atoms with Crippen molar-refractivity contribution < 1.29 is 13.9 Å².